The summed E-state index contributed by atoms with van der Waals surface area (Å²) in [6.07, 6.45) is 0. The molecule has 23 heavy (non-hydrogen) atoms. The topological polar surface area (TPSA) is 66.4 Å². The minimum atomic E-state index is -3.54. The van der Waals surface area contributed by atoms with Gasteiger partial charge in [-0.05, 0) is 37.1 Å². The van der Waals surface area contributed by atoms with Crippen LogP contribution < -0.4 is 4.72 Å². The first-order valence-corrected chi connectivity index (χ1v) is 9.22. The molecule has 2 N–H and O–H groups in total. The van der Waals surface area contributed by atoms with E-state index in [0.29, 0.717) is 16.1 Å². The summed E-state index contributed by atoms with van der Waals surface area (Å²) in [6, 6.07) is 14.0. The summed E-state index contributed by atoms with van der Waals surface area (Å²) in [5, 5.41) is 11.0. The number of sulfonamides is 1. The Balaban J connectivity index is 2.04. The number of aryl methyl sites for hydroxylation is 1. The van der Waals surface area contributed by atoms with E-state index >= 15 is 0 Å². The molecular formula is C17H20ClNO3S. The van der Waals surface area contributed by atoms with Crippen LogP contribution in [0.5, 0.6) is 0 Å². The van der Waals surface area contributed by atoms with Gasteiger partial charge >= 0.3 is 0 Å². The molecule has 0 radical (unpaired) electrons. The van der Waals surface area contributed by atoms with Crippen LogP contribution in [0.15, 0.2) is 48.5 Å². The minimum absolute atomic E-state index is 0.108. The molecule has 0 saturated heterocycles. The van der Waals surface area contributed by atoms with Gasteiger partial charge in [0, 0.05) is 11.6 Å². The Morgan fingerprint density at radius 2 is 1.83 bits per heavy atom. The Bertz CT molecular complexity index is 771. The highest BCUT2D eigenvalue weighted by Gasteiger charge is 2.25. The first-order chi connectivity index (χ1) is 10.7. The number of hydrogen-bond acceptors (Lipinski definition) is 3. The standard InChI is InChI=1S/C17H20ClNO3S/c1-13-4-3-5-14(10-13)11-23(21,22)19-12-17(2,20)15-6-8-16(18)9-7-15/h3-10,19-20H,11-12H2,1-2H3. The van der Waals surface area contributed by atoms with Gasteiger partial charge in [-0.25, -0.2) is 13.1 Å². The van der Waals surface area contributed by atoms with Crippen molar-refractivity contribution in [3.8, 4) is 0 Å². The van der Waals surface area contributed by atoms with Crippen molar-refractivity contribution in [1.29, 1.82) is 0 Å². The number of nitrogens with one attached hydrogen (secondary N) is 1. The van der Waals surface area contributed by atoms with Gasteiger partial charge in [0.2, 0.25) is 10.0 Å². The summed E-state index contributed by atoms with van der Waals surface area (Å²) in [5.74, 6) is -0.120. The third-order valence-corrected chi connectivity index (χ3v) is 5.09. The van der Waals surface area contributed by atoms with Crippen molar-refractivity contribution >= 4 is 21.6 Å². The van der Waals surface area contributed by atoms with Gasteiger partial charge in [-0.2, -0.15) is 0 Å². The lowest BCUT2D eigenvalue weighted by atomic mass is 9.97. The second-order valence-corrected chi connectivity index (χ2v) is 8.09. The average Bonchev–Trinajstić information content (AvgIpc) is 2.45. The molecule has 4 nitrogen and oxygen atoms in total. The number of rotatable bonds is 6. The van der Waals surface area contributed by atoms with Gasteiger partial charge in [0.25, 0.3) is 0 Å². The molecule has 6 heteroatoms. The van der Waals surface area contributed by atoms with Gasteiger partial charge in [0.1, 0.15) is 5.60 Å². The van der Waals surface area contributed by atoms with Crippen LogP contribution >= 0.6 is 11.6 Å². The van der Waals surface area contributed by atoms with E-state index in [-0.39, 0.29) is 12.3 Å². The minimum Gasteiger partial charge on any atom is -0.384 e. The van der Waals surface area contributed by atoms with Crippen molar-refractivity contribution in [1.82, 2.24) is 4.72 Å². The van der Waals surface area contributed by atoms with E-state index in [1.54, 1.807) is 37.3 Å². The van der Waals surface area contributed by atoms with Crippen LogP contribution in [-0.4, -0.2) is 20.1 Å². The summed E-state index contributed by atoms with van der Waals surface area (Å²) in [6.45, 7) is 3.36. The molecule has 0 saturated carbocycles. The molecule has 0 aliphatic rings. The van der Waals surface area contributed by atoms with Crippen LogP contribution in [0, 0.1) is 6.92 Å². The Labute approximate surface area is 142 Å². The summed E-state index contributed by atoms with van der Waals surface area (Å²) < 4.78 is 26.9. The van der Waals surface area contributed by atoms with Crippen molar-refractivity contribution in [3.05, 3.63) is 70.2 Å². The third kappa shape index (κ3) is 5.32. The molecule has 0 aliphatic carbocycles. The Morgan fingerprint density at radius 3 is 2.43 bits per heavy atom. The quantitative estimate of drug-likeness (QED) is 0.839. The zero-order valence-electron chi connectivity index (χ0n) is 13.1. The van der Waals surface area contributed by atoms with Gasteiger partial charge in [-0.3, -0.25) is 0 Å². The van der Waals surface area contributed by atoms with E-state index < -0.39 is 15.6 Å². The summed E-state index contributed by atoms with van der Waals surface area (Å²) >= 11 is 5.82. The van der Waals surface area contributed by atoms with Crippen LogP contribution in [-0.2, 0) is 21.4 Å². The highest BCUT2D eigenvalue weighted by atomic mass is 35.5. The fourth-order valence-corrected chi connectivity index (χ4v) is 3.58. The molecule has 1 atom stereocenters. The lowest BCUT2D eigenvalue weighted by Crippen LogP contribution is -2.39. The molecule has 2 aromatic carbocycles. The largest absolute Gasteiger partial charge is 0.384 e. The van der Waals surface area contributed by atoms with Gasteiger partial charge in [-0.15, -0.1) is 0 Å². The Hall–Kier alpha value is -1.40. The molecule has 0 fully saturated rings. The van der Waals surface area contributed by atoms with Crippen molar-refractivity contribution in [2.24, 2.45) is 0 Å². The smallest absolute Gasteiger partial charge is 0.215 e. The predicted octanol–water partition coefficient (Wildman–Crippen LogP) is 2.98. The molecular weight excluding hydrogens is 334 g/mol. The van der Waals surface area contributed by atoms with Crippen LogP contribution in [0.1, 0.15) is 23.6 Å². The molecule has 0 amide bonds. The zero-order valence-corrected chi connectivity index (χ0v) is 14.7. The van der Waals surface area contributed by atoms with Crippen LogP contribution in [0.2, 0.25) is 5.02 Å². The number of hydrogen-bond donors (Lipinski definition) is 2. The van der Waals surface area contributed by atoms with E-state index in [1.165, 1.54) is 0 Å². The molecule has 2 aromatic rings. The van der Waals surface area contributed by atoms with E-state index in [1.807, 2.05) is 25.1 Å². The van der Waals surface area contributed by atoms with E-state index in [0.717, 1.165) is 5.56 Å². The maximum Gasteiger partial charge on any atom is 0.215 e. The SMILES string of the molecule is Cc1cccc(CS(=O)(=O)NCC(C)(O)c2ccc(Cl)cc2)c1. The number of halogens is 1. The molecule has 0 aliphatic heterocycles. The molecule has 124 valence electrons. The fraction of sp³-hybridized carbons (Fsp3) is 0.294. The fourth-order valence-electron chi connectivity index (χ4n) is 2.23. The van der Waals surface area contributed by atoms with Crippen LogP contribution in [0.3, 0.4) is 0 Å². The van der Waals surface area contributed by atoms with E-state index in [2.05, 4.69) is 4.72 Å². The van der Waals surface area contributed by atoms with Gasteiger partial charge in [-0.1, -0.05) is 53.6 Å². The van der Waals surface area contributed by atoms with Crippen molar-refractivity contribution in [3.63, 3.8) is 0 Å². The Kier molecular flexibility index (Phi) is 5.47. The normalized spacial score (nSPS) is 14.4. The van der Waals surface area contributed by atoms with Gasteiger partial charge in [0.05, 0.1) is 5.75 Å². The van der Waals surface area contributed by atoms with Gasteiger partial charge in [0.15, 0.2) is 0 Å². The maximum absolute atomic E-state index is 12.2. The van der Waals surface area contributed by atoms with Gasteiger partial charge < -0.3 is 5.11 Å². The van der Waals surface area contributed by atoms with Crippen LogP contribution in [0.25, 0.3) is 0 Å². The number of benzene rings is 2. The Morgan fingerprint density at radius 1 is 1.17 bits per heavy atom. The summed E-state index contributed by atoms with van der Waals surface area (Å²) in [4.78, 5) is 0. The van der Waals surface area contributed by atoms with Crippen molar-refractivity contribution in [2.75, 3.05) is 6.54 Å². The average molecular weight is 354 g/mol. The van der Waals surface area contributed by atoms with E-state index in [9.17, 15) is 13.5 Å². The molecule has 0 spiro atoms. The number of aliphatic hydroxyl groups is 1. The molecule has 0 aromatic heterocycles. The molecule has 2 rings (SSSR count). The molecule has 0 bridgehead atoms. The molecule has 1 unspecified atom stereocenters. The first kappa shape index (κ1) is 17.9. The molecule has 0 heterocycles. The monoisotopic (exact) mass is 353 g/mol. The highest BCUT2D eigenvalue weighted by molar-refractivity contribution is 7.88. The summed E-state index contributed by atoms with van der Waals surface area (Å²) in [5.41, 5.74) is 0.999. The van der Waals surface area contributed by atoms with Crippen molar-refractivity contribution in [2.45, 2.75) is 25.2 Å². The third-order valence-electron chi connectivity index (χ3n) is 3.54. The van der Waals surface area contributed by atoms with Crippen molar-refractivity contribution < 1.29 is 13.5 Å². The lowest BCUT2D eigenvalue weighted by Gasteiger charge is -2.24. The highest BCUT2D eigenvalue weighted by Crippen LogP contribution is 2.22. The lowest BCUT2D eigenvalue weighted by molar-refractivity contribution is 0.0627. The van der Waals surface area contributed by atoms with Crippen LogP contribution in [0.4, 0.5) is 0 Å². The maximum atomic E-state index is 12.2. The second-order valence-electron chi connectivity index (χ2n) is 5.85. The predicted molar refractivity (Wildman–Crippen MR) is 92.8 cm³/mol. The second kappa shape index (κ2) is 7.01. The summed E-state index contributed by atoms with van der Waals surface area (Å²) in [7, 11) is -3.54. The van der Waals surface area contributed by atoms with E-state index in [4.69, 9.17) is 11.6 Å². The first-order valence-electron chi connectivity index (χ1n) is 7.19. The zero-order chi connectivity index (χ0) is 17.1.